The number of nitrogens with two attached hydrogens (primary N) is 2. The van der Waals surface area contributed by atoms with Crippen LogP contribution in [0.2, 0.25) is 0 Å². The first-order chi connectivity index (χ1) is 16.5. The molecule has 35 heavy (non-hydrogen) atoms. The Labute approximate surface area is 204 Å². The number of carboxylic acids is 1. The highest BCUT2D eigenvalue weighted by atomic mass is 16.4. The molecule has 11 nitrogen and oxygen atoms in total. The highest BCUT2D eigenvalue weighted by molar-refractivity contribution is 5.94. The Bertz CT molecular complexity index is 922. The largest absolute Gasteiger partial charge is 0.480 e. The number of nitrogens with zero attached hydrogens (tertiary/aromatic N) is 1. The molecule has 1 saturated heterocycles. The van der Waals surface area contributed by atoms with Gasteiger partial charge in [-0.2, -0.15) is 0 Å². The second-order valence-electron chi connectivity index (χ2n) is 9.11. The van der Waals surface area contributed by atoms with Gasteiger partial charge in [0.05, 0.1) is 6.04 Å². The summed E-state index contributed by atoms with van der Waals surface area (Å²) in [5.74, 6) is -3.68. The molecule has 4 amide bonds. The molecule has 1 aliphatic heterocycles. The van der Waals surface area contributed by atoms with E-state index in [1.165, 1.54) is 4.90 Å². The molecule has 1 aromatic rings. The molecule has 0 radical (unpaired) electrons. The molecule has 0 aromatic heterocycles. The lowest BCUT2D eigenvalue weighted by atomic mass is 10.0. The Morgan fingerprint density at radius 2 is 1.74 bits per heavy atom. The lowest BCUT2D eigenvalue weighted by Gasteiger charge is -2.29. The smallest absolute Gasteiger partial charge is 0.326 e. The van der Waals surface area contributed by atoms with E-state index in [9.17, 15) is 29.1 Å². The SMILES string of the molecule is CC(C)C(N)C(=O)N1CCCC1C(=O)NC(CCC(N)=O)C(=O)NC(Cc1ccccc1)C(=O)O. The molecule has 0 bridgehead atoms. The van der Waals surface area contributed by atoms with Crippen molar-refractivity contribution in [2.45, 2.75) is 70.1 Å². The molecule has 4 unspecified atom stereocenters. The zero-order valence-corrected chi connectivity index (χ0v) is 20.1. The highest BCUT2D eigenvalue weighted by Gasteiger charge is 2.38. The fourth-order valence-electron chi connectivity index (χ4n) is 3.93. The van der Waals surface area contributed by atoms with E-state index in [0.29, 0.717) is 24.9 Å². The van der Waals surface area contributed by atoms with Crippen LogP contribution in [0.3, 0.4) is 0 Å². The van der Waals surface area contributed by atoms with Gasteiger partial charge in [0, 0.05) is 19.4 Å². The van der Waals surface area contributed by atoms with Gasteiger partial charge >= 0.3 is 5.97 Å². The third kappa shape index (κ3) is 8.06. The number of hydrogen-bond donors (Lipinski definition) is 5. The summed E-state index contributed by atoms with van der Waals surface area (Å²) in [4.78, 5) is 63.3. The molecule has 0 saturated carbocycles. The fourth-order valence-corrected chi connectivity index (χ4v) is 3.93. The number of primary amides is 1. The summed E-state index contributed by atoms with van der Waals surface area (Å²) in [6.45, 7) is 3.99. The van der Waals surface area contributed by atoms with E-state index in [0.717, 1.165) is 0 Å². The van der Waals surface area contributed by atoms with Crippen LogP contribution in [0.1, 0.15) is 45.1 Å². The van der Waals surface area contributed by atoms with E-state index >= 15 is 0 Å². The van der Waals surface area contributed by atoms with Crippen LogP contribution in [0.5, 0.6) is 0 Å². The van der Waals surface area contributed by atoms with Crippen molar-refractivity contribution in [1.82, 2.24) is 15.5 Å². The molecule has 192 valence electrons. The monoisotopic (exact) mass is 489 g/mol. The molecule has 2 rings (SSSR count). The van der Waals surface area contributed by atoms with E-state index < -0.39 is 47.9 Å². The molecule has 0 aliphatic carbocycles. The molecule has 0 spiro atoms. The number of hydrogen-bond acceptors (Lipinski definition) is 6. The van der Waals surface area contributed by atoms with Crippen LogP contribution in [0.15, 0.2) is 30.3 Å². The molecular formula is C24H35N5O6. The van der Waals surface area contributed by atoms with Crippen molar-refractivity contribution in [2.24, 2.45) is 17.4 Å². The lowest BCUT2D eigenvalue weighted by molar-refractivity contribution is -0.143. The van der Waals surface area contributed by atoms with Crippen molar-refractivity contribution in [2.75, 3.05) is 6.54 Å². The van der Waals surface area contributed by atoms with Gasteiger partial charge in [-0.05, 0) is 30.7 Å². The number of carboxylic acid groups (broad SMARTS) is 1. The average Bonchev–Trinajstić information content (AvgIpc) is 3.30. The molecule has 1 heterocycles. The topological polar surface area (TPSA) is 185 Å². The van der Waals surface area contributed by atoms with Gasteiger partial charge < -0.3 is 32.1 Å². The molecule has 1 aliphatic rings. The number of nitrogens with one attached hydrogen (secondary N) is 2. The number of aliphatic carboxylic acids is 1. The minimum atomic E-state index is -1.24. The normalized spacial score (nSPS) is 17.9. The standard InChI is InChI=1S/C24H35N5O6/c1-14(2)20(26)23(33)29-12-6-9-18(29)22(32)27-16(10-11-19(25)30)21(31)28-17(24(34)35)13-15-7-4-3-5-8-15/h3-5,7-8,14,16-18,20H,6,9-13,26H2,1-2H3,(H2,25,30)(H,27,32)(H,28,31)(H,34,35). The van der Waals surface area contributed by atoms with Gasteiger partial charge in [-0.15, -0.1) is 0 Å². The van der Waals surface area contributed by atoms with Crippen molar-refractivity contribution < 1.29 is 29.1 Å². The van der Waals surface area contributed by atoms with Gasteiger partial charge in [-0.3, -0.25) is 19.2 Å². The number of benzene rings is 1. The predicted molar refractivity (Wildman–Crippen MR) is 128 cm³/mol. The van der Waals surface area contributed by atoms with Crippen LogP contribution in [-0.4, -0.2) is 70.3 Å². The predicted octanol–water partition coefficient (Wildman–Crippen LogP) is -0.477. The zero-order chi connectivity index (χ0) is 26.1. The van der Waals surface area contributed by atoms with Crippen LogP contribution in [-0.2, 0) is 30.4 Å². The second-order valence-corrected chi connectivity index (χ2v) is 9.11. The van der Waals surface area contributed by atoms with Crippen molar-refractivity contribution in [3.05, 3.63) is 35.9 Å². The maximum Gasteiger partial charge on any atom is 0.326 e. The Kier molecular flexibility index (Phi) is 10.2. The summed E-state index contributed by atoms with van der Waals surface area (Å²) in [5.41, 5.74) is 11.9. The third-order valence-corrected chi connectivity index (χ3v) is 6.05. The summed E-state index contributed by atoms with van der Waals surface area (Å²) in [7, 11) is 0. The van der Waals surface area contributed by atoms with E-state index in [2.05, 4.69) is 10.6 Å². The Morgan fingerprint density at radius 1 is 1.09 bits per heavy atom. The van der Waals surface area contributed by atoms with Crippen LogP contribution in [0.25, 0.3) is 0 Å². The number of carbonyl (C=O) groups excluding carboxylic acids is 4. The van der Waals surface area contributed by atoms with Crippen LogP contribution < -0.4 is 22.1 Å². The Morgan fingerprint density at radius 3 is 2.31 bits per heavy atom. The fraction of sp³-hybridized carbons (Fsp3) is 0.542. The molecular weight excluding hydrogens is 454 g/mol. The lowest BCUT2D eigenvalue weighted by Crippen LogP contribution is -2.57. The summed E-state index contributed by atoms with van der Waals surface area (Å²) in [6, 6.07) is 4.76. The molecule has 7 N–H and O–H groups in total. The highest BCUT2D eigenvalue weighted by Crippen LogP contribution is 2.20. The summed E-state index contributed by atoms with van der Waals surface area (Å²) in [5, 5.41) is 14.6. The van der Waals surface area contributed by atoms with Crippen molar-refractivity contribution in [1.29, 1.82) is 0 Å². The third-order valence-electron chi connectivity index (χ3n) is 6.05. The van der Waals surface area contributed by atoms with Crippen LogP contribution >= 0.6 is 0 Å². The summed E-state index contributed by atoms with van der Waals surface area (Å²) in [6.07, 6.45) is 0.733. The van der Waals surface area contributed by atoms with Gasteiger partial charge in [0.2, 0.25) is 23.6 Å². The first-order valence-corrected chi connectivity index (χ1v) is 11.7. The van der Waals surface area contributed by atoms with Crippen molar-refractivity contribution >= 4 is 29.6 Å². The van der Waals surface area contributed by atoms with Crippen LogP contribution in [0.4, 0.5) is 0 Å². The minimum absolute atomic E-state index is 0.0381. The van der Waals surface area contributed by atoms with Crippen molar-refractivity contribution in [3.8, 4) is 0 Å². The maximum absolute atomic E-state index is 13.1. The van der Waals surface area contributed by atoms with Gasteiger partial charge in [-0.25, -0.2) is 4.79 Å². The first kappa shape index (κ1) is 27.8. The Hall–Kier alpha value is -3.47. The van der Waals surface area contributed by atoms with Gasteiger partial charge in [0.15, 0.2) is 0 Å². The quantitative estimate of drug-likeness (QED) is 0.262. The van der Waals surface area contributed by atoms with E-state index in [1.54, 1.807) is 30.3 Å². The minimum Gasteiger partial charge on any atom is -0.480 e. The summed E-state index contributed by atoms with van der Waals surface area (Å²) >= 11 is 0. The van der Waals surface area contributed by atoms with Crippen LogP contribution in [0, 0.1) is 5.92 Å². The van der Waals surface area contributed by atoms with E-state index in [1.807, 2.05) is 13.8 Å². The molecule has 11 heteroatoms. The zero-order valence-electron chi connectivity index (χ0n) is 20.1. The number of rotatable bonds is 12. The van der Waals surface area contributed by atoms with E-state index in [4.69, 9.17) is 11.5 Å². The molecule has 1 fully saturated rings. The molecule has 4 atom stereocenters. The number of likely N-dealkylation sites (tertiary alicyclic amines) is 1. The molecule has 1 aromatic carbocycles. The van der Waals surface area contributed by atoms with E-state index in [-0.39, 0.29) is 31.1 Å². The number of amides is 4. The summed E-state index contributed by atoms with van der Waals surface area (Å²) < 4.78 is 0. The van der Waals surface area contributed by atoms with Crippen molar-refractivity contribution in [3.63, 3.8) is 0 Å². The average molecular weight is 490 g/mol. The first-order valence-electron chi connectivity index (χ1n) is 11.7. The van der Waals surface area contributed by atoms with Gasteiger partial charge in [0.25, 0.3) is 0 Å². The Balaban J connectivity index is 2.13. The van der Waals surface area contributed by atoms with Gasteiger partial charge in [0.1, 0.15) is 18.1 Å². The second kappa shape index (κ2) is 12.8. The number of carbonyl (C=O) groups is 5. The maximum atomic E-state index is 13.1. The van der Waals surface area contributed by atoms with Gasteiger partial charge in [-0.1, -0.05) is 44.2 Å².